The standard InChI is InChI=1S/C22H38O23S2/c1-8-12(24)16(10(39-19(8)35-4)5-37-46(28,29)30)41-21-14(26)13(25)18(22(43-21)36-7-23)42-20-9(2)15(44-45-27)17(34-3)11(40-20)6-38-47(31,32)33/h7-22,24-27H,5-6H2,1-4H3,(H,28,29,30)(H,31,32,33)/t8?,9?,10?,11?,12-,13+,14?,15-,16-,17-,18+,19?,20-,21?,22?/m1/s1. The van der Waals surface area contributed by atoms with Crippen molar-refractivity contribution in [2.24, 2.45) is 11.8 Å². The van der Waals surface area contributed by atoms with E-state index in [1.807, 2.05) is 0 Å². The molecule has 23 nitrogen and oxygen atoms in total. The number of ether oxygens (including phenoxy) is 8. The summed E-state index contributed by atoms with van der Waals surface area (Å²) < 4.78 is 115. The lowest BCUT2D eigenvalue weighted by atomic mass is 9.91. The quantitative estimate of drug-likeness (QED) is 0.0388. The van der Waals surface area contributed by atoms with Gasteiger partial charge in [-0.05, 0) is 0 Å². The summed E-state index contributed by atoms with van der Waals surface area (Å²) in [4.78, 5) is 16.2. The summed E-state index contributed by atoms with van der Waals surface area (Å²) in [5, 5.41) is 45.7. The Bertz CT molecular complexity index is 1200. The van der Waals surface area contributed by atoms with E-state index in [4.69, 9.17) is 57.1 Å². The maximum atomic E-state index is 11.4. The van der Waals surface area contributed by atoms with E-state index < -0.39 is 126 Å². The van der Waals surface area contributed by atoms with Crippen LogP contribution in [-0.2, 0) is 81.8 Å². The van der Waals surface area contributed by atoms with E-state index in [-0.39, 0.29) is 6.47 Å². The summed E-state index contributed by atoms with van der Waals surface area (Å²) in [6, 6.07) is 0. The second kappa shape index (κ2) is 17.1. The smallest absolute Gasteiger partial charge is 0.397 e. The van der Waals surface area contributed by atoms with Crippen LogP contribution in [-0.4, -0.2) is 161 Å². The van der Waals surface area contributed by atoms with Gasteiger partial charge in [0.25, 0.3) is 6.47 Å². The number of hydrogen-bond donors (Lipinski definition) is 6. The molecule has 6 N–H and O–H groups in total. The highest BCUT2D eigenvalue weighted by molar-refractivity contribution is 7.81. The number of carbonyl (C=O) groups excluding carboxylic acids is 1. The first-order valence-corrected chi connectivity index (χ1v) is 16.4. The van der Waals surface area contributed by atoms with Gasteiger partial charge in [-0.25, -0.2) is 13.6 Å². The maximum absolute atomic E-state index is 11.4. The first-order valence-electron chi connectivity index (χ1n) is 13.6. The van der Waals surface area contributed by atoms with Crippen molar-refractivity contribution in [3.8, 4) is 0 Å². The molecule has 3 rings (SSSR count). The van der Waals surface area contributed by atoms with Gasteiger partial charge in [0.2, 0.25) is 6.29 Å². The normalized spacial score (nSPS) is 41.8. The Hall–Kier alpha value is -1.31. The maximum Gasteiger partial charge on any atom is 0.397 e. The van der Waals surface area contributed by atoms with Gasteiger partial charge >= 0.3 is 20.8 Å². The van der Waals surface area contributed by atoms with E-state index in [1.54, 1.807) is 0 Å². The molecule has 0 amide bonds. The van der Waals surface area contributed by atoms with Crippen LogP contribution in [0.5, 0.6) is 0 Å². The zero-order valence-corrected chi connectivity index (χ0v) is 26.7. The van der Waals surface area contributed by atoms with Crippen molar-refractivity contribution in [3.05, 3.63) is 0 Å². The van der Waals surface area contributed by atoms with Crippen LogP contribution in [0, 0.1) is 11.8 Å². The van der Waals surface area contributed by atoms with Gasteiger partial charge in [-0.1, -0.05) is 18.9 Å². The number of methoxy groups -OCH3 is 2. The molecule has 0 saturated carbocycles. The Morgan fingerprint density at radius 3 is 1.72 bits per heavy atom. The zero-order chi connectivity index (χ0) is 35.3. The molecule has 8 unspecified atom stereocenters. The molecule has 3 aliphatic rings. The lowest BCUT2D eigenvalue weighted by molar-refractivity contribution is -0.526. The molecule has 3 saturated heterocycles. The van der Waals surface area contributed by atoms with E-state index in [2.05, 4.69) is 13.4 Å². The fourth-order valence-corrected chi connectivity index (χ4v) is 5.89. The van der Waals surface area contributed by atoms with Crippen LogP contribution in [0.4, 0.5) is 0 Å². The van der Waals surface area contributed by atoms with Gasteiger partial charge in [-0.15, -0.1) is 0 Å². The van der Waals surface area contributed by atoms with Crippen molar-refractivity contribution in [2.75, 3.05) is 27.4 Å². The fourth-order valence-electron chi connectivity index (χ4n) is 5.28. The van der Waals surface area contributed by atoms with E-state index >= 15 is 0 Å². The average Bonchev–Trinajstić information content (AvgIpc) is 2.99. The number of aliphatic hydroxyl groups excluding tert-OH is 3. The van der Waals surface area contributed by atoms with Gasteiger partial charge < -0.3 is 53.2 Å². The number of rotatable bonds is 16. The average molecular weight is 735 g/mol. The van der Waals surface area contributed by atoms with Crippen LogP contribution in [0.2, 0.25) is 0 Å². The summed E-state index contributed by atoms with van der Waals surface area (Å²) >= 11 is 0. The van der Waals surface area contributed by atoms with E-state index in [0.717, 1.165) is 0 Å². The van der Waals surface area contributed by atoms with Crippen LogP contribution in [0.25, 0.3) is 0 Å². The van der Waals surface area contributed by atoms with Crippen LogP contribution in [0.1, 0.15) is 13.8 Å². The Morgan fingerprint density at radius 2 is 1.21 bits per heavy atom. The lowest BCUT2D eigenvalue weighted by Gasteiger charge is -2.48. The third-order valence-electron chi connectivity index (χ3n) is 7.62. The highest BCUT2D eigenvalue weighted by Crippen LogP contribution is 2.36. The Balaban J connectivity index is 1.84. The molecule has 25 heteroatoms. The third-order valence-corrected chi connectivity index (χ3v) is 8.49. The molecule has 0 aromatic heterocycles. The minimum Gasteiger partial charge on any atom is -0.435 e. The number of carbonyl (C=O) groups is 1. The molecule has 47 heavy (non-hydrogen) atoms. The zero-order valence-electron chi connectivity index (χ0n) is 25.1. The molecule has 0 aromatic carbocycles. The third kappa shape index (κ3) is 10.4. The second-order valence-corrected chi connectivity index (χ2v) is 12.8. The molecule has 0 spiro atoms. The summed E-state index contributed by atoms with van der Waals surface area (Å²) in [6.07, 6.45) is -20.8. The van der Waals surface area contributed by atoms with Crippen LogP contribution < -0.4 is 0 Å². The second-order valence-electron chi connectivity index (χ2n) is 10.6. The van der Waals surface area contributed by atoms with Crippen molar-refractivity contribution in [2.45, 2.75) is 93.9 Å². The molecule has 0 aromatic rings. The van der Waals surface area contributed by atoms with Gasteiger partial charge in [0.1, 0.15) is 42.7 Å². The molecule has 0 bridgehead atoms. The minimum atomic E-state index is -4.98. The van der Waals surface area contributed by atoms with Crippen molar-refractivity contribution >= 4 is 27.3 Å². The summed E-state index contributed by atoms with van der Waals surface area (Å²) in [6.45, 7) is 1.03. The van der Waals surface area contributed by atoms with Gasteiger partial charge in [0.15, 0.2) is 25.0 Å². The predicted octanol–water partition coefficient (Wildman–Crippen LogP) is -3.49. The number of hydrogen-bond acceptors (Lipinski definition) is 21. The van der Waals surface area contributed by atoms with E-state index in [9.17, 15) is 36.9 Å². The largest absolute Gasteiger partial charge is 0.435 e. The first-order chi connectivity index (χ1) is 22.0. The Kier molecular flexibility index (Phi) is 14.6. The molecular weight excluding hydrogens is 696 g/mol. The summed E-state index contributed by atoms with van der Waals surface area (Å²) in [5.74, 6) is -1.83. The topological polar surface area (TPSA) is 317 Å². The molecule has 0 radical (unpaired) electrons. The van der Waals surface area contributed by atoms with Crippen LogP contribution in [0.3, 0.4) is 0 Å². The highest BCUT2D eigenvalue weighted by atomic mass is 32.3. The molecular formula is C22H38O23S2. The van der Waals surface area contributed by atoms with Gasteiger partial charge in [0.05, 0.1) is 19.3 Å². The lowest BCUT2D eigenvalue weighted by Crippen LogP contribution is -2.65. The monoisotopic (exact) mass is 734 g/mol. The van der Waals surface area contributed by atoms with Gasteiger partial charge in [-0.2, -0.15) is 21.7 Å². The van der Waals surface area contributed by atoms with Crippen molar-refractivity contribution in [1.82, 2.24) is 0 Å². The number of aliphatic hydroxyl groups is 3. The summed E-state index contributed by atoms with van der Waals surface area (Å²) in [5.41, 5.74) is 0. The molecule has 15 atom stereocenters. The Morgan fingerprint density at radius 1 is 0.660 bits per heavy atom. The van der Waals surface area contributed by atoms with E-state index in [0.29, 0.717) is 0 Å². The first kappa shape index (κ1) is 40.1. The Labute approximate surface area is 268 Å². The molecule has 276 valence electrons. The summed E-state index contributed by atoms with van der Waals surface area (Å²) in [7, 11) is -7.54. The minimum absolute atomic E-state index is 0.102. The SMILES string of the molecule is COC1OC(COS(=O)(=O)O)[C@@H](OC2OC(OC=O)[C@@H](O[C@H]3OC(COS(=O)(=O)O)[C@@H](OC)[C@H](OOO)C3C)[C@@H](O)C2O)[C@H](O)C1C. The van der Waals surface area contributed by atoms with Crippen LogP contribution >= 0.6 is 0 Å². The molecule has 3 aliphatic heterocycles. The highest BCUT2D eigenvalue weighted by Gasteiger charge is 2.54. The van der Waals surface area contributed by atoms with Gasteiger partial charge in [0, 0.05) is 26.1 Å². The van der Waals surface area contributed by atoms with Crippen molar-refractivity contribution in [1.29, 1.82) is 0 Å². The molecule has 3 heterocycles. The van der Waals surface area contributed by atoms with E-state index in [1.165, 1.54) is 28.1 Å². The van der Waals surface area contributed by atoms with Crippen molar-refractivity contribution in [3.63, 3.8) is 0 Å². The van der Waals surface area contributed by atoms with Crippen molar-refractivity contribution < 1.29 is 107 Å². The van der Waals surface area contributed by atoms with Gasteiger partial charge in [-0.3, -0.25) is 13.9 Å². The fraction of sp³-hybridized carbons (Fsp3) is 0.955. The molecule has 3 fully saturated rings. The molecule has 0 aliphatic carbocycles. The predicted molar refractivity (Wildman–Crippen MR) is 141 cm³/mol. The van der Waals surface area contributed by atoms with Crippen LogP contribution in [0.15, 0.2) is 0 Å².